The van der Waals surface area contributed by atoms with E-state index in [0.717, 1.165) is 0 Å². The number of carbonyl (C=O) groups is 2. The molecule has 1 aromatic rings. The van der Waals surface area contributed by atoms with Gasteiger partial charge in [0.1, 0.15) is 0 Å². The quantitative estimate of drug-likeness (QED) is 0.713. The molecule has 0 radical (unpaired) electrons. The van der Waals surface area contributed by atoms with Crippen LogP contribution in [0.2, 0.25) is 0 Å². The van der Waals surface area contributed by atoms with Gasteiger partial charge in [-0.1, -0.05) is 0 Å². The fourth-order valence-electron chi connectivity index (χ4n) is 1.93. The van der Waals surface area contributed by atoms with Crippen LogP contribution in [0.15, 0.2) is 24.3 Å². The fraction of sp³-hybridized carbons (Fsp3) is 0.385. The van der Waals surface area contributed by atoms with Gasteiger partial charge in [-0.05, 0) is 24.3 Å². The first kappa shape index (κ1) is 13.5. The van der Waals surface area contributed by atoms with Crippen LogP contribution in [0.4, 0.5) is 5.69 Å². The second-order valence-electron chi connectivity index (χ2n) is 4.45. The molecule has 6 heteroatoms. The number of rotatable bonds is 3. The Morgan fingerprint density at radius 2 is 1.95 bits per heavy atom. The predicted molar refractivity (Wildman–Crippen MR) is 70.7 cm³/mol. The van der Waals surface area contributed by atoms with Crippen molar-refractivity contribution >= 4 is 17.5 Å². The summed E-state index contributed by atoms with van der Waals surface area (Å²) in [6.45, 7) is 0.761. The minimum atomic E-state index is -0.321. The Labute approximate surface area is 111 Å². The molecule has 19 heavy (non-hydrogen) atoms. The molecule has 6 nitrogen and oxygen atoms in total. The Hall–Kier alpha value is -1.92. The van der Waals surface area contributed by atoms with E-state index in [9.17, 15) is 9.59 Å². The third-order valence-corrected chi connectivity index (χ3v) is 3.10. The Balaban J connectivity index is 1.99. The minimum absolute atomic E-state index is 0.155. The largest absolute Gasteiger partial charge is 0.379 e. The maximum absolute atomic E-state index is 11.9. The number of anilines is 1. The van der Waals surface area contributed by atoms with Crippen molar-refractivity contribution < 1.29 is 14.3 Å². The van der Waals surface area contributed by atoms with Gasteiger partial charge in [-0.2, -0.15) is 0 Å². The van der Waals surface area contributed by atoms with Crippen LogP contribution in [-0.2, 0) is 9.53 Å². The normalized spacial score (nSPS) is 22.0. The van der Waals surface area contributed by atoms with Crippen LogP contribution in [0, 0.1) is 5.92 Å². The zero-order valence-corrected chi connectivity index (χ0v) is 10.7. The smallest absolute Gasteiger partial charge is 0.251 e. The number of nitrogens with two attached hydrogens (primary N) is 1. The van der Waals surface area contributed by atoms with Gasteiger partial charge in [0.15, 0.2) is 0 Å². The predicted octanol–water partition coefficient (Wildman–Crippen LogP) is -0.0416. The van der Waals surface area contributed by atoms with Crippen molar-refractivity contribution in [3.63, 3.8) is 0 Å². The molecule has 1 heterocycles. The molecular weight excluding hydrogens is 246 g/mol. The van der Waals surface area contributed by atoms with Crippen molar-refractivity contribution in [2.45, 2.75) is 6.04 Å². The van der Waals surface area contributed by atoms with Gasteiger partial charge in [0, 0.05) is 24.3 Å². The van der Waals surface area contributed by atoms with E-state index < -0.39 is 0 Å². The van der Waals surface area contributed by atoms with E-state index in [1.54, 1.807) is 31.3 Å². The summed E-state index contributed by atoms with van der Waals surface area (Å²) in [5.41, 5.74) is 6.96. The summed E-state index contributed by atoms with van der Waals surface area (Å²) in [6.07, 6.45) is 0. The molecule has 2 unspecified atom stereocenters. The summed E-state index contributed by atoms with van der Waals surface area (Å²) >= 11 is 0. The Morgan fingerprint density at radius 1 is 1.26 bits per heavy atom. The highest BCUT2D eigenvalue weighted by Crippen LogP contribution is 2.16. The first-order chi connectivity index (χ1) is 9.11. The molecule has 0 aliphatic carbocycles. The SMILES string of the molecule is CNC(=O)c1ccc(NC(=O)C2COCC2N)cc1. The zero-order chi connectivity index (χ0) is 13.8. The van der Waals surface area contributed by atoms with Gasteiger partial charge in [-0.15, -0.1) is 0 Å². The molecule has 4 N–H and O–H groups in total. The first-order valence-corrected chi connectivity index (χ1v) is 6.08. The zero-order valence-electron chi connectivity index (χ0n) is 10.7. The van der Waals surface area contributed by atoms with Crippen molar-refractivity contribution in [2.24, 2.45) is 11.7 Å². The number of hydrogen-bond donors (Lipinski definition) is 3. The Morgan fingerprint density at radius 3 is 2.47 bits per heavy atom. The number of benzene rings is 1. The van der Waals surface area contributed by atoms with Gasteiger partial charge in [-0.25, -0.2) is 0 Å². The van der Waals surface area contributed by atoms with Gasteiger partial charge in [0.05, 0.1) is 19.1 Å². The summed E-state index contributed by atoms with van der Waals surface area (Å²) < 4.78 is 5.15. The number of amides is 2. The second-order valence-corrected chi connectivity index (χ2v) is 4.45. The van der Waals surface area contributed by atoms with Crippen LogP contribution in [0.3, 0.4) is 0 Å². The van der Waals surface area contributed by atoms with E-state index in [1.165, 1.54) is 0 Å². The topological polar surface area (TPSA) is 93.5 Å². The van der Waals surface area contributed by atoms with E-state index in [4.69, 9.17) is 10.5 Å². The molecule has 0 aromatic heterocycles. The van der Waals surface area contributed by atoms with E-state index in [0.29, 0.717) is 24.5 Å². The highest BCUT2D eigenvalue weighted by molar-refractivity contribution is 5.96. The van der Waals surface area contributed by atoms with Crippen molar-refractivity contribution in [1.29, 1.82) is 0 Å². The van der Waals surface area contributed by atoms with Crippen LogP contribution in [0.25, 0.3) is 0 Å². The summed E-state index contributed by atoms with van der Waals surface area (Å²) in [7, 11) is 1.57. The summed E-state index contributed by atoms with van der Waals surface area (Å²) in [4.78, 5) is 23.3. The number of ether oxygens (including phenoxy) is 1. The Bertz CT molecular complexity index is 473. The van der Waals surface area contributed by atoms with Gasteiger partial charge >= 0.3 is 0 Å². The highest BCUT2D eigenvalue weighted by atomic mass is 16.5. The lowest BCUT2D eigenvalue weighted by Gasteiger charge is -2.13. The van der Waals surface area contributed by atoms with E-state index in [1.807, 2.05) is 0 Å². The van der Waals surface area contributed by atoms with Crippen molar-refractivity contribution in [3.8, 4) is 0 Å². The van der Waals surface area contributed by atoms with Crippen LogP contribution in [-0.4, -0.2) is 38.1 Å². The lowest BCUT2D eigenvalue weighted by molar-refractivity contribution is -0.120. The third-order valence-electron chi connectivity index (χ3n) is 3.10. The molecule has 1 aliphatic rings. The molecule has 0 spiro atoms. The molecule has 1 saturated heterocycles. The summed E-state index contributed by atoms with van der Waals surface area (Å²) in [6, 6.07) is 6.41. The minimum Gasteiger partial charge on any atom is -0.379 e. The van der Waals surface area contributed by atoms with Crippen molar-refractivity contribution in [1.82, 2.24) is 5.32 Å². The molecule has 2 atom stereocenters. The maximum atomic E-state index is 11.9. The summed E-state index contributed by atoms with van der Waals surface area (Å²) in [5.74, 6) is -0.639. The van der Waals surface area contributed by atoms with Gasteiger partial charge in [-0.3, -0.25) is 9.59 Å². The second kappa shape index (κ2) is 5.81. The van der Waals surface area contributed by atoms with Crippen molar-refractivity contribution in [2.75, 3.05) is 25.6 Å². The lowest BCUT2D eigenvalue weighted by atomic mass is 10.0. The first-order valence-electron chi connectivity index (χ1n) is 6.08. The number of nitrogens with one attached hydrogen (secondary N) is 2. The van der Waals surface area contributed by atoms with E-state index in [2.05, 4.69) is 10.6 Å². The van der Waals surface area contributed by atoms with E-state index >= 15 is 0 Å². The third kappa shape index (κ3) is 3.10. The maximum Gasteiger partial charge on any atom is 0.251 e. The monoisotopic (exact) mass is 263 g/mol. The number of hydrogen-bond acceptors (Lipinski definition) is 4. The van der Waals surface area contributed by atoms with Crippen LogP contribution < -0.4 is 16.4 Å². The molecule has 2 amide bonds. The molecule has 2 rings (SSSR count). The molecule has 1 aromatic carbocycles. The van der Waals surface area contributed by atoms with E-state index in [-0.39, 0.29) is 23.8 Å². The van der Waals surface area contributed by atoms with Crippen LogP contribution in [0.1, 0.15) is 10.4 Å². The Kier molecular flexibility index (Phi) is 4.13. The van der Waals surface area contributed by atoms with Crippen LogP contribution in [0.5, 0.6) is 0 Å². The fourth-order valence-corrected chi connectivity index (χ4v) is 1.93. The van der Waals surface area contributed by atoms with Gasteiger partial charge < -0.3 is 21.1 Å². The van der Waals surface area contributed by atoms with Gasteiger partial charge in [0.2, 0.25) is 5.91 Å². The molecule has 0 saturated carbocycles. The number of carbonyl (C=O) groups excluding carboxylic acids is 2. The molecule has 0 bridgehead atoms. The lowest BCUT2D eigenvalue weighted by Crippen LogP contribution is -2.37. The van der Waals surface area contributed by atoms with Gasteiger partial charge in [0.25, 0.3) is 5.91 Å². The highest BCUT2D eigenvalue weighted by Gasteiger charge is 2.31. The standard InChI is InChI=1S/C13H17N3O3/c1-15-12(17)8-2-4-9(5-3-8)16-13(18)10-6-19-7-11(10)14/h2-5,10-11H,6-7,14H2,1H3,(H,15,17)(H,16,18). The summed E-state index contributed by atoms with van der Waals surface area (Å²) in [5, 5.41) is 5.30. The molecule has 1 fully saturated rings. The molecule has 102 valence electrons. The average molecular weight is 263 g/mol. The molecular formula is C13H17N3O3. The average Bonchev–Trinajstić information content (AvgIpc) is 2.85. The molecule has 1 aliphatic heterocycles. The van der Waals surface area contributed by atoms with Crippen LogP contribution >= 0.6 is 0 Å². The van der Waals surface area contributed by atoms with Crippen molar-refractivity contribution in [3.05, 3.63) is 29.8 Å².